The van der Waals surface area contributed by atoms with Gasteiger partial charge in [-0.25, -0.2) is 22.9 Å². The number of rotatable bonds is 5. The van der Waals surface area contributed by atoms with Gasteiger partial charge >= 0.3 is 6.03 Å². The molecule has 3 heterocycles. The third-order valence-electron chi connectivity index (χ3n) is 5.82. The summed E-state index contributed by atoms with van der Waals surface area (Å²) in [6, 6.07) is 8.93. The molecule has 2 unspecified atom stereocenters. The van der Waals surface area contributed by atoms with E-state index in [-0.39, 0.29) is 19.5 Å². The maximum atomic E-state index is 13.6. The third-order valence-corrected chi connectivity index (χ3v) is 5.82. The largest absolute Gasteiger partial charge is 0.373 e. The van der Waals surface area contributed by atoms with Gasteiger partial charge in [0.05, 0.1) is 5.52 Å². The van der Waals surface area contributed by atoms with Crippen LogP contribution < -0.4 is 10.6 Å². The van der Waals surface area contributed by atoms with E-state index in [0.717, 1.165) is 33.4 Å². The summed E-state index contributed by atoms with van der Waals surface area (Å²) in [5.41, 5.74) is 4.16. The van der Waals surface area contributed by atoms with E-state index in [1.807, 2.05) is 31.2 Å². The molecule has 0 radical (unpaired) electrons. The lowest BCUT2D eigenvalue weighted by atomic mass is 10.0. The number of anilines is 2. The quantitative estimate of drug-likeness (QED) is 0.575. The number of nitrogens with zero attached hydrogens (tertiary/aromatic N) is 3. The first-order valence-electron chi connectivity index (χ1n) is 10.4. The number of alkyl halides is 3. The van der Waals surface area contributed by atoms with Gasteiger partial charge in [-0.3, -0.25) is 4.98 Å². The SMILES string of the molecule is CNc1cc2ncc(-c3cc(NC(=O)N4CCC(C(F)C(F)F)C4)ccc3C)cc2cn1. The van der Waals surface area contributed by atoms with Crippen LogP contribution in [-0.2, 0) is 0 Å². The highest BCUT2D eigenvalue weighted by Crippen LogP contribution is 2.30. The molecular formula is C23H24F3N5O. The van der Waals surface area contributed by atoms with Crippen LogP contribution in [0.15, 0.2) is 42.7 Å². The van der Waals surface area contributed by atoms with Gasteiger partial charge in [0.25, 0.3) is 6.43 Å². The lowest BCUT2D eigenvalue weighted by molar-refractivity contribution is 0.0192. The number of hydrogen-bond donors (Lipinski definition) is 2. The maximum Gasteiger partial charge on any atom is 0.321 e. The van der Waals surface area contributed by atoms with E-state index in [4.69, 9.17) is 0 Å². The smallest absolute Gasteiger partial charge is 0.321 e. The monoisotopic (exact) mass is 443 g/mol. The molecule has 9 heteroatoms. The van der Waals surface area contributed by atoms with Gasteiger partial charge in [-0.1, -0.05) is 6.07 Å². The number of halogens is 3. The molecule has 1 aliphatic rings. The minimum absolute atomic E-state index is 0.0216. The maximum absolute atomic E-state index is 13.6. The predicted octanol–water partition coefficient (Wildman–Crippen LogP) is 5.10. The number of hydrogen-bond acceptors (Lipinski definition) is 4. The van der Waals surface area contributed by atoms with E-state index >= 15 is 0 Å². The highest BCUT2D eigenvalue weighted by molar-refractivity contribution is 5.91. The number of fused-ring (bicyclic) bond motifs is 1. The van der Waals surface area contributed by atoms with Crippen LogP contribution in [0.5, 0.6) is 0 Å². The van der Waals surface area contributed by atoms with Crippen LogP contribution in [0.4, 0.5) is 29.5 Å². The zero-order valence-electron chi connectivity index (χ0n) is 17.8. The van der Waals surface area contributed by atoms with Crippen molar-refractivity contribution in [1.29, 1.82) is 0 Å². The summed E-state index contributed by atoms with van der Waals surface area (Å²) in [6.45, 7) is 2.19. The molecule has 2 atom stereocenters. The topological polar surface area (TPSA) is 70.2 Å². The number of carbonyl (C=O) groups is 1. The molecule has 0 bridgehead atoms. The molecule has 4 rings (SSSR count). The van der Waals surface area contributed by atoms with Crippen molar-refractivity contribution < 1.29 is 18.0 Å². The van der Waals surface area contributed by atoms with Crippen LogP contribution >= 0.6 is 0 Å². The van der Waals surface area contributed by atoms with Crippen molar-refractivity contribution in [3.05, 3.63) is 48.3 Å². The molecular weight excluding hydrogens is 419 g/mol. The Morgan fingerprint density at radius 1 is 1.16 bits per heavy atom. The molecule has 0 aliphatic carbocycles. The summed E-state index contributed by atoms with van der Waals surface area (Å²) >= 11 is 0. The lowest BCUT2D eigenvalue weighted by Crippen LogP contribution is -2.34. The van der Waals surface area contributed by atoms with Crippen LogP contribution in [0.3, 0.4) is 0 Å². The number of nitrogens with one attached hydrogen (secondary N) is 2. The Morgan fingerprint density at radius 2 is 1.97 bits per heavy atom. The summed E-state index contributed by atoms with van der Waals surface area (Å²) in [5, 5.41) is 6.67. The molecule has 2 N–H and O–H groups in total. The van der Waals surface area contributed by atoms with Crippen molar-refractivity contribution in [3.63, 3.8) is 0 Å². The Hall–Kier alpha value is -3.36. The molecule has 168 valence electrons. The average Bonchev–Trinajstić information content (AvgIpc) is 3.29. The van der Waals surface area contributed by atoms with Crippen molar-refractivity contribution >= 4 is 28.4 Å². The fraction of sp³-hybridized carbons (Fsp3) is 0.348. The number of amides is 2. The van der Waals surface area contributed by atoms with Gasteiger partial charge in [0, 0.05) is 61.2 Å². The molecule has 0 saturated carbocycles. The number of urea groups is 1. The van der Waals surface area contributed by atoms with Crippen LogP contribution in [0.2, 0.25) is 0 Å². The average molecular weight is 443 g/mol. The van der Waals surface area contributed by atoms with Crippen molar-refractivity contribution in [2.24, 2.45) is 5.92 Å². The summed E-state index contributed by atoms with van der Waals surface area (Å²) in [7, 11) is 1.79. The molecule has 1 fully saturated rings. The second-order valence-electron chi connectivity index (χ2n) is 7.97. The van der Waals surface area contributed by atoms with Crippen LogP contribution in [0.25, 0.3) is 22.0 Å². The van der Waals surface area contributed by atoms with Crippen LogP contribution in [0, 0.1) is 12.8 Å². The zero-order valence-corrected chi connectivity index (χ0v) is 17.8. The Balaban J connectivity index is 1.52. The molecule has 6 nitrogen and oxygen atoms in total. The molecule has 3 aromatic rings. The predicted molar refractivity (Wildman–Crippen MR) is 119 cm³/mol. The normalized spacial score (nSPS) is 17.1. The minimum Gasteiger partial charge on any atom is -0.373 e. The van der Waals surface area contributed by atoms with Gasteiger partial charge in [-0.05, 0) is 42.7 Å². The Morgan fingerprint density at radius 3 is 2.72 bits per heavy atom. The molecule has 1 saturated heterocycles. The molecule has 32 heavy (non-hydrogen) atoms. The van der Waals surface area contributed by atoms with Gasteiger partial charge < -0.3 is 15.5 Å². The molecule has 2 amide bonds. The van der Waals surface area contributed by atoms with E-state index in [9.17, 15) is 18.0 Å². The number of aryl methyl sites for hydroxylation is 1. The van der Waals surface area contributed by atoms with Crippen LogP contribution in [-0.4, -0.2) is 53.6 Å². The van der Waals surface area contributed by atoms with Crippen molar-refractivity contribution in [2.75, 3.05) is 30.8 Å². The highest BCUT2D eigenvalue weighted by atomic mass is 19.3. The van der Waals surface area contributed by atoms with Gasteiger partial charge in [-0.15, -0.1) is 0 Å². The summed E-state index contributed by atoms with van der Waals surface area (Å²) < 4.78 is 38.9. The molecule has 1 aromatic carbocycles. The second-order valence-corrected chi connectivity index (χ2v) is 7.97. The highest BCUT2D eigenvalue weighted by Gasteiger charge is 2.36. The summed E-state index contributed by atoms with van der Waals surface area (Å²) in [6.07, 6.45) is -1.49. The Kier molecular flexibility index (Phi) is 6.16. The van der Waals surface area contributed by atoms with E-state index in [1.54, 1.807) is 25.5 Å². The standard InChI is InChI=1S/C23H24F3N5O/c1-13-3-4-17(30-23(32)31-6-5-14(12-31)21(24)22(25)26)8-18(13)15-7-16-11-29-20(27-2)9-19(16)28-10-15/h3-4,7-11,14,21-22H,5-6,12H2,1-2H3,(H,27,29)(H,30,32). The Bertz CT molecular complexity index is 1140. The summed E-state index contributed by atoms with van der Waals surface area (Å²) in [5.74, 6) is -0.106. The summed E-state index contributed by atoms with van der Waals surface area (Å²) in [4.78, 5) is 22.8. The Labute approximate surface area is 183 Å². The van der Waals surface area contributed by atoms with Gasteiger partial charge in [0.2, 0.25) is 0 Å². The molecule has 2 aromatic heterocycles. The van der Waals surface area contributed by atoms with E-state index < -0.39 is 24.5 Å². The van der Waals surface area contributed by atoms with Crippen molar-refractivity contribution in [3.8, 4) is 11.1 Å². The molecule has 1 aliphatic heterocycles. The fourth-order valence-electron chi connectivity index (χ4n) is 3.96. The van der Waals surface area contributed by atoms with E-state index in [0.29, 0.717) is 5.69 Å². The number of carbonyl (C=O) groups excluding carboxylic acids is 1. The van der Waals surface area contributed by atoms with Crippen molar-refractivity contribution in [1.82, 2.24) is 14.9 Å². The van der Waals surface area contributed by atoms with Crippen LogP contribution in [0.1, 0.15) is 12.0 Å². The van der Waals surface area contributed by atoms with Gasteiger partial charge in [0.15, 0.2) is 6.17 Å². The second kappa shape index (κ2) is 9.02. The number of likely N-dealkylation sites (tertiary alicyclic amines) is 1. The fourth-order valence-corrected chi connectivity index (χ4v) is 3.96. The minimum atomic E-state index is -3.03. The van der Waals surface area contributed by atoms with Gasteiger partial charge in [0.1, 0.15) is 5.82 Å². The number of aromatic nitrogens is 2. The number of pyridine rings is 2. The van der Waals surface area contributed by atoms with Gasteiger partial charge in [-0.2, -0.15) is 0 Å². The first-order valence-corrected chi connectivity index (χ1v) is 10.4. The van der Waals surface area contributed by atoms with E-state index in [1.165, 1.54) is 4.90 Å². The van der Waals surface area contributed by atoms with E-state index in [2.05, 4.69) is 20.6 Å². The lowest BCUT2D eigenvalue weighted by Gasteiger charge is -2.19. The molecule has 0 spiro atoms. The zero-order chi connectivity index (χ0) is 22.8. The number of benzene rings is 1. The third kappa shape index (κ3) is 4.46. The van der Waals surface area contributed by atoms with Crippen molar-refractivity contribution in [2.45, 2.75) is 25.9 Å². The first-order chi connectivity index (χ1) is 15.4. The first kappa shape index (κ1) is 21.9.